The second kappa shape index (κ2) is 2.46. The van der Waals surface area contributed by atoms with Gasteiger partial charge in [0.1, 0.15) is 12.2 Å². The first kappa shape index (κ1) is 7.56. The van der Waals surface area contributed by atoms with E-state index in [1.807, 2.05) is 0 Å². The van der Waals surface area contributed by atoms with E-state index in [-0.39, 0.29) is 0 Å². The van der Waals surface area contributed by atoms with Crippen LogP contribution in [0, 0.1) is 0 Å². The van der Waals surface area contributed by atoms with Crippen molar-refractivity contribution < 1.29 is 4.74 Å². The molecule has 4 atom stereocenters. The Morgan fingerprint density at radius 1 is 1.09 bits per heavy atom. The van der Waals surface area contributed by atoms with Crippen molar-refractivity contribution in [2.24, 2.45) is 0 Å². The number of ether oxygens (including phenoxy) is 1. The van der Waals surface area contributed by atoms with Crippen LogP contribution in [0.15, 0.2) is 0 Å². The number of epoxide rings is 1. The van der Waals surface area contributed by atoms with E-state index in [9.17, 15) is 0 Å². The van der Waals surface area contributed by atoms with Gasteiger partial charge in [-0.15, -0.1) is 0 Å². The summed E-state index contributed by atoms with van der Waals surface area (Å²) >= 11 is 0. The second-order valence-electron chi connectivity index (χ2n) is 3.68. The van der Waals surface area contributed by atoms with E-state index in [0.29, 0.717) is 24.3 Å². The Bertz CT molecular complexity index is 144. The minimum atomic E-state index is 0.579. The van der Waals surface area contributed by atoms with E-state index < -0.39 is 0 Å². The molecule has 0 aromatic rings. The van der Waals surface area contributed by atoms with Gasteiger partial charge in [-0.3, -0.25) is 4.90 Å². The highest BCUT2D eigenvalue weighted by molar-refractivity contribution is 5.08. The Hall–Kier alpha value is -0.0800. The number of morpholine rings is 1. The molecule has 0 aliphatic carbocycles. The van der Waals surface area contributed by atoms with Gasteiger partial charge >= 0.3 is 0 Å². The van der Waals surface area contributed by atoms with Gasteiger partial charge < -0.3 is 4.74 Å². The van der Waals surface area contributed by atoms with Crippen LogP contribution in [0.4, 0.5) is 0 Å². The lowest BCUT2D eigenvalue weighted by atomic mass is 10.1. The van der Waals surface area contributed by atoms with Crippen LogP contribution < -0.4 is 0 Å². The van der Waals surface area contributed by atoms with Gasteiger partial charge in [-0.25, -0.2) is 0 Å². The predicted octanol–water partition coefficient (Wildman–Crippen LogP) is 1.26. The molecule has 0 amide bonds. The molecule has 0 bridgehead atoms. The van der Waals surface area contributed by atoms with Crippen molar-refractivity contribution in [1.29, 1.82) is 0 Å². The fourth-order valence-electron chi connectivity index (χ4n) is 2.51. The molecular weight excluding hydrogens is 138 g/mol. The highest BCUT2D eigenvalue weighted by Gasteiger charge is 2.57. The maximum atomic E-state index is 5.59. The molecule has 2 heteroatoms. The van der Waals surface area contributed by atoms with Crippen molar-refractivity contribution in [2.75, 3.05) is 7.05 Å². The van der Waals surface area contributed by atoms with Crippen molar-refractivity contribution in [3.63, 3.8) is 0 Å². The highest BCUT2D eigenvalue weighted by atomic mass is 16.6. The predicted molar refractivity (Wildman–Crippen MR) is 44.6 cm³/mol. The van der Waals surface area contributed by atoms with E-state index in [2.05, 4.69) is 25.8 Å². The molecule has 2 fully saturated rings. The number of likely N-dealkylation sites (N-methyl/N-ethyl adjacent to an activating group) is 1. The molecule has 0 aromatic heterocycles. The molecule has 0 saturated carbocycles. The lowest BCUT2D eigenvalue weighted by molar-refractivity contribution is 0.110. The average molecular weight is 155 g/mol. The summed E-state index contributed by atoms with van der Waals surface area (Å²) in [5.41, 5.74) is 0. The number of hydrogen-bond acceptors (Lipinski definition) is 2. The Balaban J connectivity index is 2.06. The van der Waals surface area contributed by atoms with Gasteiger partial charge in [0.15, 0.2) is 0 Å². The first-order valence-corrected chi connectivity index (χ1v) is 4.67. The normalized spacial score (nSPS) is 49.4. The lowest BCUT2D eigenvalue weighted by Crippen LogP contribution is -2.37. The van der Waals surface area contributed by atoms with Crippen LogP contribution in [-0.4, -0.2) is 36.2 Å². The third-order valence-corrected chi connectivity index (χ3v) is 3.20. The van der Waals surface area contributed by atoms with Gasteiger partial charge in [0.25, 0.3) is 0 Å². The van der Waals surface area contributed by atoms with Gasteiger partial charge in [-0.05, 0) is 19.9 Å². The van der Waals surface area contributed by atoms with Crippen molar-refractivity contribution in [2.45, 2.75) is 51.0 Å². The largest absolute Gasteiger partial charge is 0.366 e. The molecule has 4 unspecified atom stereocenters. The SMILES string of the molecule is CCC1C2OC2C(CC)N1C. The number of hydrogen-bond donors (Lipinski definition) is 0. The molecule has 2 rings (SSSR count). The topological polar surface area (TPSA) is 15.8 Å². The summed E-state index contributed by atoms with van der Waals surface area (Å²) in [5.74, 6) is 0. The summed E-state index contributed by atoms with van der Waals surface area (Å²) in [4.78, 5) is 2.50. The molecule has 2 saturated heterocycles. The van der Waals surface area contributed by atoms with Gasteiger partial charge in [0.2, 0.25) is 0 Å². The lowest BCUT2D eigenvalue weighted by Gasteiger charge is -2.27. The fraction of sp³-hybridized carbons (Fsp3) is 1.00. The van der Waals surface area contributed by atoms with Crippen LogP contribution in [0.2, 0.25) is 0 Å². The third kappa shape index (κ3) is 0.926. The van der Waals surface area contributed by atoms with E-state index in [0.717, 1.165) is 0 Å². The molecular formula is C9H17NO. The molecule has 2 aliphatic rings. The molecule has 11 heavy (non-hydrogen) atoms. The smallest absolute Gasteiger partial charge is 0.101 e. The molecule has 2 heterocycles. The van der Waals surface area contributed by atoms with Crippen LogP contribution in [-0.2, 0) is 4.74 Å². The van der Waals surface area contributed by atoms with Gasteiger partial charge in [0.05, 0.1) is 0 Å². The molecule has 2 aliphatic heterocycles. The maximum absolute atomic E-state index is 5.59. The standard InChI is InChI=1S/C9H17NO/c1-4-6-8-9(11-8)7(5-2)10(6)3/h6-9H,4-5H2,1-3H3. The quantitative estimate of drug-likeness (QED) is 0.558. The monoisotopic (exact) mass is 155 g/mol. The molecule has 0 N–H and O–H groups in total. The summed E-state index contributed by atoms with van der Waals surface area (Å²) in [6, 6.07) is 1.40. The molecule has 0 radical (unpaired) electrons. The Morgan fingerprint density at radius 3 is 1.82 bits per heavy atom. The van der Waals surface area contributed by atoms with Crippen molar-refractivity contribution in [3.05, 3.63) is 0 Å². The minimum Gasteiger partial charge on any atom is -0.366 e. The fourth-order valence-corrected chi connectivity index (χ4v) is 2.51. The Kier molecular flexibility index (Phi) is 1.69. The van der Waals surface area contributed by atoms with Gasteiger partial charge in [0, 0.05) is 12.1 Å². The summed E-state index contributed by atoms with van der Waals surface area (Å²) in [5, 5.41) is 0. The van der Waals surface area contributed by atoms with Gasteiger partial charge in [-0.2, -0.15) is 0 Å². The second-order valence-corrected chi connectivity index (χ2v) is 3.68. The van der Waals surface area contributed by atoms with Crippen LogP contribution >= 0.6 is 0 Å². The molecule has 64 valence electrons. The average Bonchev–Trinajstić information content (AvgIpc) is 2.68. The van der Waals surface area contributed by atoms with Crippen LogP contribution in [0.25, 0.3) is 0 Å². The van der Waals surface area contributed by atoms with E-state index in [4.69, 9.17) is 4.74 Å². The Labute approximate surface area is 68.5 Å². The van der Waals surface area contributed by atoms with E-state index >= 15 is 0 Å². The summed E-state index contributed by atoms with van der Waals surface area (Å²) in [6.07, 6.45) is 3.62. The summed E-state index contributed by atoms with van der Waals surface area (Å²) in [7, 11) is 2.23. The number of rotatable bonds is 2. The zero-order chi connectivity index (χ0) is 8.01. The zero-order valence-electron chi connectivity index (χ0n) is 7.58. The Morgan fingerprint density at radius 2 is 1.55 bits per heavy atom. The highest BCUT2D eigenvalue weighted by Crippen LogP contribution is 2.42. The zero-order valence-corrected chi connectivity index (χ0v) is 7.58. The van der Waals surface area contributed by atoms with E-state index in [1.54, 1.807) is 0 Å². The van der Waals surface area contributed by atoms with Crippen LogP contribution in [0.3, 0.4) is 0 Å². The van der Waals surface area contributed by atoms with Gasteiger partial charge in [-0.1, -0.05) is 13.8 Å². The van der Waals surface area contributed by atoms with E-state index in [1.165, 1.54) is 12.8 Å². The number of fused-ring (bicyclic) bond motifs is 1. The molecule has 0 aromatic carbocycles. The third-order valence-electron chi connectivity index (χ3n) is 3.20. The molecule has 0 spiro atoms. The number of nitrogens with zero attached hydrogens (tertiary/aromatic N) is 1. The summed E-state index contributed by atoms with van der Waals surface area (Å²) < 4.78 is 5.59. The van der Waals surface area contributed by atoms with Crippen molar-refractivity contribution in [1.82, 2.24) is 4.90 Å². The minimum absolute atomic E-state index is 0.579. The number of likely N-dealkylation sites (tertiary alicyclic amines) is 1. The van der Waals surface area contributed by atoms with Crippen molar-refractivity contribution >= 4 is 0 Å². The van der Waals surface area contributed by atoms with Crippen LogP contribution in [0.5, 0.6) is 0 Å². The maximum Gasteiger partial charge on any atom is 0.101 e. The van der Waals surface area contributed by atoms with Crippen LogP contribution in [0.1, 0.15) is 26.7 Å². The first-order valence-electron chi connectivity index (χ1n) is 4.67. The van der Waals surface area contributed by atoms with Crippen molar-refractivity contribution in [3.8, 4) is 0 Å². The first-order chi connectivity index (χ1) is 5.29. The molecule has 2 nitrogen and oxygen atoms in total. The summed E-state index contributed by atoms with van der Waals surface area (Å²) in [6.45, 7) is 4.50.